The maximum Gasteiger partial charge on any atom is 0.573 e. The van der Waals surface area contributed by atoms with Crippen molar-refractivity contribution in [2.75, 3.05) is 52.3 Å². The predicted octanol–water partition coefficient (Wildman–Crippen LogP) is 2.51. The minimum Gasteiger partial charge on any atom is -0.406 e. The summed E-state index contributed by atoms with van der Waals surface area (Å²) in [4.78, 5) is 9.39. The van der Waals surface area contributed by atoms with E-state index in [-0.39, 0.29) is 17.9 Å². The number of morpholine rings is 1. The minimum atomic E-state index is -4.77. The molecule has 0 radical (unpaired) electrons. The number of piperidine rings is 1. The average molecular weight is 480 g/mol. The molecule has 0 amide bonds. The van der Waals surface area contributed by atoms with Crippen molar-refractivity contribution >= 4 is 5.84 Å². The van der Waals surface area contributed by atoms with Gasteiger partial charge in [-0.1, -0.05) is 12.1 Å². The molecule has 2 saturated heterocycles. The van der Waals surface area contributed by atoms with Gasteiger partial charge in [-0.05, 0) is 58.1 Å². The minimum absolute atomic E-state index is 0.206. The van der Waals surface area contributed by atoms with Crippen molar-refractivity contribution in [3.05, 3.63) is 30.1 Å². The Balaban J connectivity index is 1.46. The molecule has 4 heterocycles. The smallest absolute Gasteiger partial charge is 0.406 e. The second-order valence-electron chi connectivity index (χ2n) is 9.09. The van der Waals surface area contributed by atoms with Crippen LogP contribution in [0.15, 0.2) is 29.3 Å². The van der Waals surface area contributed by atoms with Crippen LogP contribution in [0.4, 0.5) is 13.2 Å². The standard InChI is InChI=1S/C22H28F3N7O2/c1-30-8-6-14(7-9-30)13-26-19-18-17(31(2)10-11-33-18)21-28-27-20(32(21)29-19)15-4-3-5-16(12-15)34-22(23,24)25/h3-5,12,14,17-18H,6-11,13H2,1-2H3,(H,26,29). The number of amidine groups is 1. The lowest BCUT2D eigenvalue weighted by Gasteiger charge is -2.42. The first-order valence-electron chi connectivity index (χ1n) is 11.4. The van der Waals surface area contributed by atoms with E-state index in [1.807, 2.05) is 7.05 Å². The van der Waals surface area contributed by atoms with Gasteiger partial charge in [0.2, 0.25) is 0 Å². The maximum atomic E-state index is 12.7. The van der Waals surface area contributed by atoms with Crippen LogP contribution in [0.3, 0.4) is 0 Å². The normalized spacial score (nSPS) is 25.6. The Hall–Kier alpha value is -2.70. The molecule has 9 nitrogen and oxygen atoms in total. The van der Waals surface area contributed by atoms with Gasteiger partial charge in [0.1, 0.15) is 23.7 Å². The molecule has 1 N–H and O–H groups in total. The monoisotopic (exact) mass is 479 g/mol. The zero-order valence-corrected chi connectivity index (χ0v) is 19.1. The molecule has 0 spiro atoms. The van der Waals surface area contributed by atoms with Crippen LogP contribution in [0.5, 0.6) is 5.75 Å². The van der Waals surface area contributed by atoms with Crippen LogP contribution in [-0.2, 0) is 4.74 Å². The lowest BCUT2D eigenvalue weighted by molar-refractivity contribution is -0.274. The van der Waals surface area contributed by atoms with Gasteiger partial charge < -0.3 is 14.4 Å². The molecule has 5 rings (SSSR count). The molecule has 34 heavy (non-hydrogen) atoms. The van der Waals surface area contributed by atoms with E-state index in [0.717, 1.165) is 32.5 Å². The van der Waals surface area contributed by atoms with E-state index >= 15 is 0 Å². The number of nitrogens with zero attached hydrogens (tertiary/aromatic N) is 6. The summed E-state index contributed by atoms with van der Waals surface area (Å²) in [6.07, 6.45) is -2.90. The number of halogens is 3. The van der Waals surface area contributed by atoms with Crippen molar-refractivity contribution in [3.8, 4) is 17.1 Å². The molecular formula is C22H28F3N7O2. The Morgan fingerprint density at radius 1 is 1.18 bits per heavy atom. The number of likely N-dealkylation sites (N-methyl/N-ethyl adjacent to an activating group) is 1. The third-order valence-corrected chi connectivity index (χ3v) is 6.64. The van der Waals surface area contributed by atoms with Crippen molar-refractivity contribution < 1.29 is 22.6 Å². The molecule has 184 valence electrons. The summed E-state index contributed by atoms with van der Waals surface area (Å²) < 4.78 is 50.1. The Kier molecular flexibility index (Phi) is 6.21. The highest BCUT2D eigenvalue weighted by Crippen LogP contribution is 2.34. The Morgan fingerprint density at radius 3 is 2.74 bits per heavy atom. The summed E-state index contributed by atoms with van der Waals surface area (Å²) in [5.74, 6) is 1.88. The number of aromatic nitrogens is 3. The molecule has 1 aromatic carbocycles. The SMILES string of the molecule is CN1CCC(CN=C2Nn3c(-c4cccc(OC(F)(F)F)c4)nnc3C3C2OCCN3C)CC1. The fourth-order valence-corrected chi connectivity index (χ4v) is 4.74. The molecule has 2 unspecified atom stereocenters. The predicted molar refractivity (Wildman–Crippen MR) is 119 cm³/mol. The number of aliphatic imine (C=N–C) groups is 1. The lowest BCUT2D eigenvalue weighted by Crippen LogP contribution is -2.55. The van der Waals surface area contributed by atoms with Crippen molar-refractivity contribution in [1.82, 2.24) is 24.7 Å². The Morgan fingerprint density at radius 2 is 1.97 bits per heavy atom. The first-order chi connectivity index (χ1) is 16.3. The molecule has 2 fully saturated rings. The van der Waals surface area contributed by atoms with E-state index in [4.69, 9.17) is 9.73 Å². The fraction of sp³-hybridized carbons (Fsp3) is 0.591. The first-order valence-corrected chi connectivity index (χ1v) is 11.4. The Bertz CT molecular complexity index is 1050. The molecule has 2 atom stereocenters. The summed E-state index contributed by atoms with van der Waals surface area (Å²) in [6, 6.07) is 5.52. The third kappa shape index (κ3) is 4.75. The van der Waals surface area contributed by atoms with E-state index in [0.29, 0.717) is 42.1 Å². The van der Waals surface area contributed by atoms with E-state index in [1.165, 1.54) is 18.2 Å². The number of fused-ring (bicyclic) bond motifs is 3. The van der Waals surface area contributed by atoms with Crippen LogP contribution in [0.25, 0.3) is 11.4 Å². The number of nitrogens with one attached hydrogen (secondary N) is 1. The molecule has 3 aliphatic rings. The third-order valence-electron chi connectivity index (χ3n) is 6.64. The number of likely N-dealkylation sites (tertiary alicyclic amines) is 1. The second-order valence-corrected chi connectivity index (χ2v) is 9.09. The molecule has 0 bridgehead atoms. The van der Waals surface area contributed by atoms with Gasteiger partial charge in [-0.2, -0.15) is 0 Å². The summed E-state index contributed by atoms with van der Waals surface area (Å²) in [6.45, 7) is 4.10. The molecular weight excluding hydrogens is 451 g/mol. The quantitative estimate of drug-likeness (QED) is 0.722. The van der Waals surface area contributed by atoms with Crippen molar-refractivity contribution in [2.24, 2.45) is 10.9 Å². The zero-order valence-electron chi connectivity index (χ0n) is 19.1. The average Bonchev–Trinajstić information content (AvgIpc) is 3.21. The highest BCUT2D eigenvalue weighted by atomic mass is 19.4. The van der Waals surface area contributed by atoms with Crippen LogP contribution >= 0.6 is 0 Å². The zero-order chi connectivity index (χ0) is 23.9. The molecule has 0 saturated carbocycles. The van der Waals surface area contributed by atoms with Gasteiger partial charge in [-0.3, -0.25) is 15.3 Å². The van der Waals surface area contributed by atoms with Crippen molar-refractivity contribution in [3.63, 3.8) is 0 Å². The van der Waals surface area contributed by atoms with Gasteiger partial charge in [0.15, 0.2) is 11.6 Å². The van der Waals surface area contributed by atoms with Gasteiger partial charge in [0.25, 0.3) is 0 Å². The van der Waals surface area contributed by atoms with Crippen LogP contribution in [0.1, 0.15) is 24.7 Å². The van der Waals surface area contributed by atoms with Gasteiger partial charge in [0, 0.05) is 18.7 Å². The number of benzene rings is 1. The summed E-state index contributed by atoms with van der Waals surface area (Å²) in [5, 5.41) is 8.66. The maximum absolute atomic E-state index is 12.7. The number of ether oxygens (including phenoxy) is 2. The van der Waals surface area contributed by atoms with E-state index < -0.39 is 6.36 Å². The van der Waals surface area contributed by atoms with Crippen LogP contribution in [-0.4, -0.2) is 89.9 Å². The van der Waals surface area contributed by atoms with Gasteiger partial charge in [-0.15, -0.1) is 23.4 Å². The number of alkyl halides is 3. The molecule has 2 aromatic rings. The Labute approximate surface area is 195 Å². The van der Waals surface area contributed by atoms with E-state index in [1.54, 1.807) is 10.7 Å². The highest BCUT2D eigenvalue weighted by Gasteiger charge is 2.43. The lowest BCUT2D eigenvalue weighted by atomic mass is 9.97. The van der Waals surface area contributed by atoms with Gasteiger partial charge >= 0.3 is 6.36 Å². The topological polar surface area (TPSA) is 80.0 Å². The fourth-order valence-electron chi connectivity index (χ4n) is 4.74. The largest absolute Gasteiger partial charge is 0.573 e. The second kappa shape index (κ2) is 9.16. The number of rotatable bonds is 4. The van der Waals surface area contributed by atoms with Crippen molar-refractivity contribution in [2.45, 2.75) is 31.3 Å². The summed E-state index contributed by atoms with van der Waals surface area (Å²) in [7, 11) is 4.13. The van der Waals surface area contributed by atoms with Crippen LogP contribution in [0, 0.1) is 5.92 Å². The number of hydrogen-bond donors (Lipinski definition) is 1. The highest BCUT2D eigenvalue weighted by molar-refractivity contribution is 5.95. The molecule has 12 heteroatoms. The molecule has 1 aromatic heterocycles. The van der Waals surface area contributed by atoms with Crippen LogP contribution in [0.2, 0.25) is 0 Å². The number of hydrogen-bond acceptors (Lipinski definition) is 7. The molecule has 0 aliphatic carbocycles. The van der Waals surface area contributed by atoms with Gasteiger partial charge in [-0.25, -0.2) is 4.68 Å². The molecule has 3 aliphatic heterocycles. The van der Waals surface area contributed by atoms with E-state index in [2.05, 4.69) is 37.2 Å². The van der Waals surface area contributed by atoms with Crippen LogP contribution < -0.4 is 10.2 Å². The van der Waals surface area contributed by atoms with E-state index in [9.17, 15) is 13.2 Å². The summed E-state index contributed by atoms with van der Waals surface area (Å²) in [5.41, 5.74) is 3.74. The van der Waals surface area contributed by atoms with Gasteiger partial charge in [0.05, 0.1) is 6.61 Å². The summed E-state index contributed by atoms with van der Waals surface area (Å²) >= 11 is 0. The van der Waals surface area contributed by atoms with Crippen molar-refractivity contribution in [1.29, 1.82) is 0 Å². The first kappa shape index (κ1) is 23.1.